The zero-order chi connectivity index (χ0) is 22.2. The van der Waals surface area contributed by atoms with Crippen LogP contribution in [0.1, 0.15) is 28.0 Å². The number of nitrogens with one attached hydrogen (secondary N) is 2. The molecule has 0 atom stereocenters. The van der Waals surface area contributed by atoms with Crippen molar-refractivity contribution in [3.63, 3.8) is 0 Å². The SMILES string of the molecule is Cc1ccc(-c2csc3nc(SCC(=O)Nc4sc5c(c4C#N)CCC5)[nH]c(=O)c23)cc1. The predicted molar refractivity (Wildman–Crippen MR) is 131 cm³/mol. The van der Waals surface area contributed by atoms with Gasteiger partial charge in [0.05, 0.1) is 16.7 Å². The summed E-state index contributed by atoms with van der Waals surface area (Å²) in [5, 5.41) is 15.9. The van der Waals surface area contributed by atoms with Crippen LogP contribution < -0.4 is 10.9 Å². The number of hydrogen-bond donors (Lipinski definition) is 2. The van der Waals surface area contributed by atoms with Crippen LogP contribution in [0, 0.1) is 18.3 Å². The number of hydrogen-bond acceptors (Lipinski definition) is 7. The Morgan fingerprint density at radius 2 is 2.12 bits per heavy atom. The molecule has 1 aliphatic rings. The Kier molecular flexibility index (Phi) is 5.59. The van der Waals surface area contributed by atoms with Crippen molar-refractivity contribution in [2.45, 2.75) is 31.3 Å². The highest BCUT2D eigenvalue weighted by Crippen LogP contribution is 2.38. The molecule has 5 rings (SSSR count). The van der Waals surface area contributed by atoms with Gasteiger partial charge in [0.15, 0.2) is 5.16 Å². The maximum absolute atomic E-state index is 12.8. The first-order valence-corrected chi connectivity index (χ1v) is 12.8. The molecule has 6 nitrogen and oxygen atoms in total. The third-order valence-corrected chi connectivity index (χ3v) is 8.36. The van der Waals surface area contributed by atoms with Crippen LogP contribution in [-0.4, -0.2) is 21.6 Å². The van der Waals surface area contributed by atoms with Crippen molar-refractivity contribution in [1.82, 2.24) is 9.97 Å². The smallest absolute Gasteiger partial charge is 0.260 e. The summed E-state index contributed by atoms with van der Waals surface area (Å²) in [4.78, 5) is 34.5. The third kappa shape index (κ3) is 3.86. The van der Waals surface area contributed by atoms with Crippen molar-refractivity contribution < 1.29 is 4.79 Å². The normalized spacial score (nSPS) is 12.6. The van der Waals surface area contributed by atoms with Crippen LogP contribution in [0.3, 0.4) is 0 Å². The van der Waals surface area contributed by atoms with E-state index in [1.54, 1.807) is 0 Å². The summed E-state index contributed by atoms with van der Waals surface area (Å²) in [6.45, 7) is 2.02. The fourth-order valence-corrected chi connectivity index (χ4v) is 6.77. The predicted octanol–water partition coefficient (Wildman–Crippen LogP) is 5.11. The molecule has 3 heterocycles. The highest BCUT2D eigenvalue weighted by molar-refractivity contribution is 7.99. The van der Waals surface area contributed by atoms with Crippen LogP contribution >= 0.6 is 34.4 Å². The van der Waals surface area contributed by atoms with Crippen LogP contribution in [0.15, 0.2) is 39.6 Å². The number of H-pyrrole nitrogens is 1. The summed E-state index contributed by atoms with van der Waals surface area (Å²) < 4.78 is 0. The average Bonchev–Trinajstić information content (AvgIpc) is 3.47. The molecule has 0 spiro atoms. The van der Waals surface area contributed by atoms with Gasteiger partial charge in [-0.2, -0.15) is 5.26 Å². The lowest BCUT2D eigenvalue weighted by molar-refractivity contribution is -0.113. The molecule has 9 heteroatoms. The van der Waals surface area contributed by atoms with E-state index in [9.17, 15) is 14.9 Å². The fraction of sp³-hybridized carbons (Fsp3) is 0.217. The number of carbonyl (C=O) groups is 1. The number of carbonyl (C=O) groups excluding carboxylic acids is 1. The van der Waals surface area contributed by atoms with Crippen molar-refractivity contribution >= 4 is 55.6 Å². The number of nitriles is 1. The first kappa shape index (κ1) is 20.9. The van der Waals surface area contributed by atoms with E-state index in [4.69, 9.17) is 0 Å². The summed E-state index contributed by atoms with van der Waals surface area (Å²) in [5.74, 6) is -0.126. The number of fused-ring (bicyclic) bond motifs is 2. The molecule has 1 amide bonds. The second-order valence-electron chi connectivity index (χ2n) is 7.58. The summed E-state index contributed by atoms with van der Waals surface area (Å²) in [5.41, 5.74) is 4.46. The third-order valence-electron chi connectivity index (χ3n) is 5.41. The van der Waals surface area contributed by atoms with E-state index in [1.165, 1.54) is 39.3 Å². The van der Waals surface area contributed by atoms with Gasteiger partial charge in [0.25, 0.3) is 5.56 Å². The van der Waals surface area contributed by atoms with Gasteiger partial charge in [-0.3, -0.25) is 9.59 Å². The van der Waals surface area contributed by atoms with Crippen LogP contribution in [0.4, 0.5) is 5.00 Å². The molecule has 32 heavy (non-hydrogen) atoms. The Morgan fingerprint density at radius 3 is 2.91 bits per heavy atom. The van der Waals surface area contributed by atoms with Crippen LogP contribution in [-0.2, 0) is 17.6 Å². The minimum Gasteiger partial charge on any atom is -0.316 e. The molecule has 4 aromatic rings. The van der Waals surface area contributed by atoms with Crippen LogP contribution in [0.5, 0.6) is 0 Å². The largest absolute Gasteiger partial charge is 0.316 e. The fourth-order valence-electron chi connectivity index (χ4n) is 3.85. The number of aromatic nitrogens is 2. The maximum Gasteiger partial charge on any atom is 0.260 e. The van der Waals surface area contributed by atoms with Gasteiger partial charge in [-0.1, -0.05) is 41.6 Å². The molecule has 1 aliphatic carbocycles. The summed E-state index contributed by atoms with van der Waals surface area (Å²) >= 11 is 4.09. The van der Waals surface area contributed by atoms with Gasteiger partial charge in [0, 0.05) is 15.8 Å². The number of aryl methyl sites for hydroxylation is 2. The Balaban J connectivity index is 1.32. The topological polar surface area (TPSA) is 98.6 Å². The zero-order valence-electron chi connectivity index (χ0n) is 17.2. The molecule has 0 bridgehead atoms. The molecular weight excluding hydrogens is 460 g/mol. The second kappa shape index (κ2) is 8.54. The molecule has 1 aromatic carbocycles. The Hall–Kier alpha value is -2.93. The lowest BCUT2D eigenvalue weighted by atomic mass is 10.1. The molecule has 0 saturated heterocycles. The molecule has 0 saturated carbocycles. The number of anilines is 1. The maximum atomic E-state index is 12.8. The monoisotopic (exact) mass is 478 g/mol. The van der Waals surface area contributed by atoms with E-state index in [0.717, 1.165) is 41.5 Å². The number of aromatic amines is 1. The number of benzene rings is 1. The summed E-state index contributed by atoms with van der Waals surface area (Å²) in [6.07, 6.45) is 2.93. The molecule has 160 valence electrons. The van der Waals surface area contributed by atoms with Crippen molar-refractivity contribution in [1.29, 1.82) is 5.26 Å². The van der Waals surface area contributed by atoms with Crippen molar-refractivity contribution in [3.05, 3.63) is 61.6 Å². The molecule has 0 fully saturated rings. The van der Waals surface area contributed by atoms with Crippen molar-refractivity contribution in [2.75, 3.05) is 11.1 Å². The van der Waals surface area contributed by atoms with Crippen molar-refractivity contribution in [2.24, 2.45) is 0 Å². The van der Waals surface area contributed by atoms with E-state index in [-0.39, 0.29) is 17.2 Å². The molecule has 0 aliphatic heterocycles. The number of thioether (sulfide) groups is 1. The number of amides is 1. The summed E-state index contributed by atoms with van der Waals surface area (Å²) in [7, 11) is 0. The Morgan fingerprint density at radius 1 is 1.31 bits per heavy atom. The van der Waals surface area contributed by atoms with Gasteiger partial charge in [-0.05, 0) is 37.3 Å². The highest BCUT2D eigenvalue weighted by atomic mass is 32.2. The summed E-state index contributed by atoms with van der Waals surface area (Å²) in [6, 6.07) is 10.3. The quantitative estimate of drug-likeness (QED) is 0.307. The van der Waals surface area contributed by atoms with Crippen LogP contribution in [0.2, 0.25) is 0 Å². The minimum absolute atomic E-state index is 0.0953. The van der Waals surface area contributed by atoms with Gasteiger partial charge in [-0.15, -0.1) is 22.7 Å². The molecule has 0 unspecified atom stereocenters. The van der Waals surface area contributed by atoms with Gasteiger partial charge < -0.3 is 10.3 Å². The highest BCUT2D eigenvalue weighted by Gasteiger charge is 2.23. The van der Waals surface area contributed by atoms with E-state index < -0.39 is 0 Å². The average molecular weight is 479 g/mol. The molecule has 3 aromatic heterocycles. The number of thiophene rings is 2. The number of nitrogens with zero attached hydrogens (tertiary/aromatic N) is 2. The van der Waals surface area contributed by atoms with Gasteiger partial charge in [0.1, 0.15) is 15.9 Å². The number of rotatable bonds is 5. The van der Waals surface area contributed by atoms with Gasteiger partial charge in [0.2, 0.25) is 5.91 Å². The van der Waals surface area contributed by atoms with Crippen LogP contribution in [0.25, 0.3) is 21.3 Å². The Bertz CT molecular complexity index is 1440. The lowest BCUT2D eigenvalue weighted by Gasteiger charge is -2.04. The molecular formula is C23H18N4O2S3. The van der Waals surface area contributed by atoms with E-state index >= 15 is 0 Å². The minimum atomic E-state index is -0.222. The first-order chi connectivity index (χ1) is 15.5. The lowest BCUT2D eigenvalue weighted by Crippen LogP contribution is -2.15. The molecule has 0 radical (unpaired) electrons. The van der Waals surface area contributed by atoms with Gasteiger partial charge in [-0.25, -0.2) is 4.98 Å². The van der Waals surface area contributed by atoms with Gasteiger partial charge >= 0.3 is 0 Å². The van der Waals surface area contributed by atoms with E-state index in [2.05, 4.69) is 21.4 Å². The molecule has 2 N–H and O–H groups in total. The first-order valence-electron chi connectivity index (χ1n) is 10.1. The standard InChI is InChI=1S/C23H18N4O2S3/c1-12-5-7-13(8-6-12)16-10-30-22-19(16)20(29)26-23(27-22)31-11-18(28)25-21-15(9-24)14-3-2-4-17(14)32-21/h5-8,10H,2-4,11H2,1H3,(H,25,28)(H,26,27,29). The Labute approximate surface area is 196 Å². The van der Waals surface area contributed by atoms with Crippen molar-refractivity contribution in [3.8, 4) is 17.2 Å². The zero-order valence-corrected chi connectivity index (χ0v) is 19.6. The second-order valence-corrected chi connectivity index (χ2v) is 10.5. The van der Waals surface area contributed by atoms with E-state index in [0.29, 0.717) is 25.9 Å². The van der Waals surface area contributed by atoms with E-state index in [1.807, 2.05) is 36.6 Å².